The van der Waals surface area contributed by atoms with Gasteiger partial charge in [0.15, 0.2) is 5.13 Å². The minimum absolute atomic E-state index is 0.0805. The van der Waals surface area contributed by atoms with E-state index in [9.17, 15) is 4.79 Å². The van der Waals surface area contributed by atoms with Crippen LogP contribution in [-0.4, -0.2) is 29.1 Å². The molecular formula is C14H17N3O2S. The van der Waals surface area contributed by atoms with Gasteiger partial charge in [0.1, 0.15) is 0 Å². The third-order valence-corrected chi connectivity index (χ3v) is 4.74. The van der Waals surface area contributed by atoms with Gasteiger partial charge < -0.3 is 16.2 Å². The van der Waals surface area contributed by atoms with Crippen molar-refractivity contribution < 1.29 is 9.90 Å². The molecule has 1 amide bonds. The molecule has 0 spiro atoms. The zero-order chi connectivity index (χ0) is 14.2. The third kappa shape index (κ3) is 2.62. The Hall–Kier alpha value is -1.66. The number of carbonyl (C=O) groups is 1. The van der Waals surface area contributed by atoms with Gasteiger partial charge in [0.25, 0.3) is 5.91 Å². The van der Waals surface area contributed by atoms with E-state index >= 15 is 0 Å². The Morgan fingerprint density at radius 2 is 2.30 bits per heavy atom. The highest BCUT2D eigenvalue weighted by Crippen LogP contribution is 2.47. The maximum absolute atomic E-state index is 12.2. The fraction of sp³-hybridized carbons (Fsp3) is 0.429. The van der Waals surface area contributed by atoms with E-state index in [1.54, 1.807) is 6.07 Å². The molecule has 1 aliphatic carbocycles. The molecule has 2 aromatic rings. The maximum atomic E-state index is 12.2. The molecule has 1 fully saturated rings. The van der Waals surface area contributed by atoms with E-state index in [4.69, 9.17) is 10.8 Å². The topological polar surface area (TPSA) is 88.2 Å². The average Bonchev–Trinajstić information content (AvgIpc) is 3.08. The highest BCUT2D eigenvalue weighted by atomic mass is 32.1. The molecule has 3 rings (SSSR count). The number of rotatable bonds is 5. The smallest absolute Gasteiger partial charge is 0.251 e. The van der Waals surface area contributed by atoms with Crippen molar-refractivity contribution in [1.29, 1.82) is 0 Å². The zero-order valence-corrected chi connectivity index (χ0v) is 11.9. The number of nitrogens with one attached hydrogen (secondary N) is 1. The zero-order valence-electron chi connectivity index (χ0n) is 11.1. The van der Waals surface area contributed by atoms with Gasteiger partial charge in [-0.2, -0.15) is 0 Å². The Bertz CT molecular complexity index is 649. The molecule has 1 aliphatic rings. The van der Waals surface area contributed by atoms with Crippen LogP contribution in [0.25, 0.3) is 10.2 Å². The number of aromatic nitrogens is 1. The molecule has 0 aliphatic heterocycles. The molecule has 6 heteroatoms. The van der Waals surface area contributed by atoms with Gasteiger partial charge >= 0.3 is 0 Å². The number of aliphatic hydroxyl groups excluding tert-OH is 1. The molecule has 1 aromatic carbocycles. The number of thiazole rings is 1. The first-order valence-corrected chi connectivity index (χ1v) is 7.49. The fourth-order valence-electron chi connectivity index (χ4n) is 2.38. The van der Waals surface area contributed by atoms with Crippen molar-refractivity contribution in [2.45, 2.75) is 19.3 Å². The number of anilines is 1. The third-order valence-electron chi connectivity index (χ3n) is 3.89. The first kappa shape index (κ1) is 13.3. The summed E-state index contributed by atoms with van der Waals surface area (Å²) >= 11 is 1.38. The summed E-state index contributed by atoms with van der Waals surface area (Å²) < 4.78 is 0.923. The molecule has 0 saturated heterocycles. The SMILES string of the molecule is Nc1nc2ccc(C(=O)NCC3(CCO)CC3)cc2s1. The molecule has 0 bridgehead atoms. The summed E-state index contributed by atoms with van der Waals surface area (Å²) in [5, 5.41) is 12.5. The van der Waals surface area contributed by atoms with Crippen molar-refractivity contribution in [3.63, 3.8) is 0 Å². The van der Waals surface area contributed by atoms with Crippen molar-refractivity contribution in [1.82, 2.24) is 10.3 Å². The Kier molecular flexibility index (Phi) is 3.35. The fourth-order valence-corrected chi connectivity index (χ4v) is 3.16. The van der Waals surface area contributed by atoms with Gasteiger partial charge in [-0.05, 0) is 42.9 Å². The molecule has 1 saturated carbocycles. The number of nitrogen functional groups attached to an aromatic ring is 1. The van der Waals surface area contributed by atoms with Gasteiger partial charge in [-0.15, -0.1) is 0 Å². The predicted octanol–water partition coefficient (Wildman–Crippen LogP) is 1.77. The molecule has 0 atom stereocenters. The largest absolute Gasteiger partial charge is 0.396 e. The second-order valence-corrected chi connectivity index (χ2v) is 6.45. The Morgan fingerprint density at radius 3 is 3.00 bits per heavy atom. The van der Waals surface area contributed by atoms with E-state index in [-0.39, 0.29) is 17.9 Å². The Labute approximate surface area is 120 Å². The number of aliphatic hydroxyl groups is 1. The van der Waals surface area contributed by atoms with Gasteiger partial charge in [0.05, 0.1) is 10.2 Å². The molecule has 20 heavy (non-hydrogen) atoms. The number of nitrogens with two attached hydrogens (primary N) is 1. The molecule has 0 unspecified atom stereocenters. The highest BCUT2D eigenvalue weighted by molar-refractivity contribution is 7.22. The quantitative estimate of drug-likeness (QED) is 0.783. The summed E-state index contributed by atoms with van der Waals surface area (Å²) in [6.07, 6.45) is 2.92. The van der Waals surface area contributed by atoms with Gasteiger partial charge in [-0.1, -0.05) is 11.3 Å². The standard InChI is InChI=1S/C14H17N3O2S/c15-13-17-10-2-1-9(7-11(10)20-13)12(19)16-8-14(3-4-14)5-6-18/h1-2,7,18H,3-6,8H2,(H2,15,17)(H,16,19). The van der Waals surface area contributed by atoms with E-state index < -0.39 is 0 Å². The van der Waals surface area contributed by atoms with Crippen LogP contribution in [0.1, 0.15) is 29.6 Å². The lowest BCUT2D eigenvalue weighted by Crippen LogP contribution is -2.30. The second kappa shape index (κ2) is 5.03. The first-order chi connectivity index (χ1) is 9.62. The van der Waals surface area contributed by atoms with Crippen LogP contribution in [0.15, 0.2) is 18.2 Å². The summed E-state index contributed by atoms with van der Waals surface area (Å²) in [5.41, 5.74) is 7.23. The molecule has 0 radical (unpaired) electrons. The number of benzene rings is 1. The first-order valence-electron chi connectivity index (χ1n) is 6.67. The number of hydrogen-bond donors (Lipinski definition) is 3. The monoisotopic (exact) mass is 291 g/mol. The molecule has 106 valence electrons. The van der Waals surface area contributed by atoms with Gasteiger partial charge in [-0.25, -0.2) is 4.98 Å². The molecular weight excluding hydrogens is 274 g/mol. The van der Waals surface area contributed by atoms with Crippen LogP contribution in [0.2, 0.25) is 0 Å². The van der Waals surface area contributed by atoms with Crippen LogP contribution in [0.4, 0.5) is 5.13 Å². The molecule has 5 nitrogen and oxygen atoms in total. The highest BCUT2D eigenvalue weighted by Gasteiger charge is 2.41. The predicted molar refractivity (Wildman–Crippen MR) is 79.7 cm³/mol. The molecule has 4 N–H and O–H groups in total. The molecule has 1 aromatic heterocycles. The van der Waals surface area contributed by atoms with Gasteiger partial charge in [-0.3, -0.25) is 4.79 Å². The minimum Gasteiger partial charge on any atom is -0.396 e. The van der Waals surface area contributed by atoms with Crippen molar-refractivity contribution in [2.24, 2.45) is 5.41 Å². The number of hydrogen-bond acceptors (Lipinski definition) is 5. The Balaban J connectivity index is 1.69. The number of fused-ring (bicyclic) bond motifs is 1. The molecule has 1 heterocycles. The van der Waals surface area contributed by atoms with Crippen molar-refractivity contribution in [2.75, 3.05) is 18.9 Å². The van der Waals surface area contributed by atoms with Crippen LogP contribution in [0, 0.1) is 5.41 Å². The van der Waals surface area contributed by atoms with Crippen molar-refractivity contribution >= 4 is 32.6 Å². The van der Waals surface area contributed by atoms with Crippen molar-refractivity contribution in [3.05, 3.63) is 23.8 Å². The summed E-state index contributed by atoms with van der Waals surface area (Å²) in [4.78, 5) is 16.3. The van der Waals surface area contributed by atoms with Crippen LogP contribution in [-0.2, 0) is 0 Å². The maximum Gasteiger partial charge on any atom is 0.251 e. The van der Waals surface area contributed by atoms with Crippen LogP contribution < -0.4 is 11.1 Å². The second-order valence-electron chi connectivity index (χ2n) is 5.39. The van der Waals surface area contributed by atoms with E-state index in [1.165, 1.54) is 11.3 Å². The summed E-state index contributed by atoms with van der Waals surface area (Å²) in [5.74, 6) is -0.0805. The lowest BCUT2D eigenvalue weighted by Gasteiger charge is -2.14. The lowest BCUT2D eigenvalue weighted by molar-refractivity contribution is 0.0941. The number of amides is 1. The summed E-state index contributed by atoms with van der Waals surface area (Å²) in [6.45, 7) is 0.817. The van der Waals surface area contributed by atoms with Crippen LogP contribution in [0.3, 0.4) is 0 Å². The van der Waals surface area contributed by atoms with Gasteiger partial charge in [0, 0.05) is 18.7 Å². The van der Waals surface area contributed by atoms with E-state index in [0.29, 0.717) is 17.2 Å². The minimum atomic E-state index is -0.0805. The summed E-state index contributed by atoms with van der Waals surface area (Å²) in [7, 11) is 0. The lowest BCUT2D eigenvalue weighted by atomic mass is 10.0. The normalized spacial score (nSPS) is 16.2. The van der Waals surface area contributed by atoms with E-state index in [0.717, 1.165) is 29.5 Å². The Morgan fingerprint density at radius 1 is 1.50 bits per heavy atom. The number of carbonyl (C=O) groups excluding carboxylic acids is 1. The van der Waals surface area contributed by atoms with E-state index in [2.05, 4.69) is 10.3 Å². The van der Waals surface area contributed by atoms with Crippen LogP contribution in [0.5, 0.6) is 0 Å². The summed E-state index contributed by atoms with van der Waals surface area (Å²) in [6, 6.07) is 5.41. The average molecular weight is 291 g/mol. The van der Waals surface area contributed by atoms with E-state index in [1.807, 2.05) is 12.1 Å². The number of nitrogens with zero attached hydrogens (tertiary/aromatic N) is 1. The van der Waals surface area contributed by atoms with Crippen LogP contribution >= 0.6 is 11.3 Å². The van der Waals surface area contributed by atoms with Gasteiger partial charge in [0.2, 0.25) is 0 Å². The van der Waals surface area contributed by atoms with Crippen molar-refractivity contribution in [3.8, 4) is 0 Å².